The summed E-state index contributed by atoms with van der Waals surface area (Å²) in [7, 11) is 0. The molecule has 1 aliphatic heterocycles. The first-order valence-electron chi connectivity index (χ1n) is 5.99. The highest BCUT2D eigenvalue weighted by Crippen LogP contribution is 2.32. The minimum absolute atomic E-state index is 0.201. The molecule has 0 aromatic carbocycles. The Kier molecular flexibility index (Phi) is 3.06. The molecule has 1 fully saturated rings. The molecule has 0 aliphatic carbocycles. The van der Waals surface area contributed by atoms with Crippen LogP contribution in [-0.2, 0) is 6.54 Å². The van der Waals surface area contributed by atoms with E-state index in [-0.39, 0.29) is 5.54 Å². The number of H-pyrrole nitrogens is 1. The van der Waals surface area contributed by atoms with Gasteiger partial charge in [0.15, 0.2) is 4.77 Å². The van der Waals surface area contributed by atoms with Crippen LogP contribution in [0.4, 0.5) is 5.95 Å². The van der Waals surface area contributed by atoms with Crippen LogP contribution in [-0.4, -0.2) is 26.8 Å². The first-order valence-corrected chi connectivity index (χ1v) is 6.40. The topological polar surface area (TPSA) is 36.9 Å². The summed E-state index contributed by atoms with van der Waals surface area (Å²) in [5.74, 6) is 1.01. The van der Waals surface area contributed by atoms with Crippen molar-refractivity contribution in [1.82, 2.24) is 14.8 Å². The number of aromatic nitrogens is 3. The van der Waals surface area contributed by atoms with Crippen molar-refractivity contribution in [2.24, 2.45) is 0 Å². The van der Waals surface area contributed by atoms with Gasteiger partial charge in [-0.3, -0.25) is 4.57 Å². The smallest absolute Gasteiger partial charge is 0.226 e. The van der Waals surface area contributed by atoms with Crippen LogP contribution in [0.2, 0.25) is 0 Å². The second kappa shape index (κ2) is 4.20. The average Bonchev–Trinajstić information content (AvgIpc) is 2.72. The van der Waals surface area contributed by atoms with Crippen molar-refractivity contribution in [1.29, 1.82) is 0 Å². The lowest BCUT2D eigenvalue weighted by Gasteiger charge is -2.32. The first-order chi connectivity index (χ1) is 7.56. The third-order valence-electron chi connectivity index (χ3n) is 3.33. The summed E-state index contributed by atoms with van der Waals surface area (Å²) in [6, 6.07) is 0. The van der Waals surface area contributed by atoms with E-state index in [2.05, 4.69) is 40.4 Å². The molecule has 2 rings (SSSR count). The number of anilines is 1. The molecule has 1 aliphatic rings. The van der Waals surface area contributed by atoms with Crippen LogP contribution < -0.4 is 4.90 Å². The highest BCUT2D eigenvalue weighted by Gasteiger charge is 2.34. The molecule has 0 unspecified atom stereocenters. The molecular weight excluding hydrogens is 220 g/mol. The van der Waals surface area contributed by atoms with E-state index in [4.69, 9.17) is 12.2 Å². The zero-order valence-electron chi connectivity index (χ0n) is 10.3. The maximum absolute atomic E-state index is 5.27. The standard InChI is InChI=1S/C11H20N4S/c1-4-7-14-9(12-13-10(14)16)15-8-5-6-11(15,2)3/h4-8H2,1-3H3,(H,13,16). The molecular formula is C11H20N4S. The van der Waals surface area contributed by atoms with Gasteiger partial charge in [-0.1, -0.05) is 6.92 Å². The SMILES string of the molecule is CCCn1c(N2CCCC2(C)C)n[nH]c1=S. The monoisotopic (exact) mass is 240 g/mol. The van der Waals surface area contributed by atoms with E-state index < -0.39 is 0 Å². The molecule has 4 nitrogen and oxygen atoms in total. The van der Waals surface area contributed by atoms with Gasteiger partial charge in [-0.25, -0.2) is 5.10 Å². The van der Waals surface area contributed by atoms with E-state index in [1.165, 1.54) is 12.8 Å². The van der Waals surface area contributed by atoms with Crippen molar-refractivity contribution in [3.8, 4) is 0 Å². The first kappa shape index (κ1) is 11.6. The fourth-order valence-electron chi connectivity index (χ4n) is 2.42. The van der Waals surface area contributed by atoms with Gasteiger partial charge in [-0.05, 0) is 45.3 Å². The second-order valence-corrected chi connectivity index (χ2v) is 5.43. The normalized spacial score (nSPS) is 19.3. The van der Waals surface area contributed by atoms with Crippen LogP contribution in [0.25, 0.3) is 0 Å². The lowest BCUT2D eigenvalue weighted by molar-refractivity contribution is 0.498. The molecule has 1 aromatic rings. The highest BCUT2D eigenvalue weighted by atomic mass is 32.1. The van der Waals surface area contributed by atoms with Gasteiger partial charge >= 0.3 is 0 Å². The van der Waals surface area contributed by atoms with E-state index in [0.29, 0.717) is 0 Å². The zero-order valence-corrected chi connectivity index (χ0v) is 11.1. The fourth-order valence-corrected chi connectivity index (χ4v) is 2.64. The van der Waals surface area contributed by atoms with E-state index in [0.717, 1.165) is 30.2 Å². The van der Waals surface area contributed by atoms with Gasteiger partial charge in [-0.2, -0.15) is 0 Å². The van der Waals surface area contributed by atoms with Gasteiger partial charge in [-0.15, -0.1) is 5.10 Å². The summed E-state index contributed by atoms with van der Waals surface area (Å²) in [4.78, 5) is 2.37. The third kappa shape index (κ3) is 1.88. The van der Waals surface area contributed by atoms with E-state index in [9.17, 15) is 0 Å². The van der Waals surface area contributed by atoms with Crippen molar-refractivity contribution < 1.29 is 0 Å². The summed E-state index contributed by atoms with van der Waals surface area (Å²) in [5.41, 5.74) is 0.201. The minimum Gasteiger partial charge on any atom is -0.336 e. The molecule has 0 bridgehead atoms. The molecule has 0 atom stereocenters. The molecule has 5 heteroatoms. The molecule has 16 heavy (non-hydrogen) atoms. The molecule has 0 spiro atoms. The molecule has 1 aromatic heterocycles. The molecule has 0 saturated carbocycles. The number of rotatable bonds is 3. The van der Waals surface area contributed by atoms with E-state index >= 15 is 0 Å². The Morgan fingerprint density at radius 2 is 2.25 bits per heavy atom. The lowest BCUT2D eigenvalue weighted by atomic mass is 10.0. The van der Waals surface area contributed by atoms with Crippen LogP contribution in [0.3, 0.4) is 0 Å². The van der Waals surface area contributed by atoms with Gasteiger partial charge in [0.25, 0.3) is 0 Å². The van der Waals surface area contributed by atoms with Gasteiger partial charge < -0.3 is 4.90 Å². The van der Waals surface area contributed by atoms with Crippen molar-refractivity contribution >= 4 is 18.2 Å². The van der Waals surface area contributed by atoms with Crippen LogP contribution in [0.5, 0.6) is 0 Å². The maximum Gasteiger partial charge on any atom is 0.226 e. The lowest BCUT2D eigenvalue weighted by Crippen LogP contribution is -2.40. The number of nitrogens with zero attached hydrogens (tertiary/aromatic N) is 3. The predicted octanol–water partition coefficient (Wildman–Crippen LogP) is 2.73. The summed E-state index contributed by atoms with van der Waals surface area (Å²) in [6.07, 6.45) is 3.53. The van der Waals surface area contributed by atoms with E-state index in [1.807, 2.05) is 0 Å². The quantitative estimate of drug-likeness (QED) is 0.825. The summed E-state index contributed by atoms with van der Waals surface area (Å²) in [5, 5.41) is 7.29. The largest absolute Gasteiger partial charge is 0.336 e. The molecule has 1 saturated heterocycles. The zero-order chi connectivity index (χ0) is 11.8. The Bertz CT molecular complexity index is 418. The van der Waals surface area contributed by atoms with Gasteiger partial charge in [0.05, 0.1) is 0 Å². The molecule has 90 valence electrons. The number of hydrogen-bond acceptors (Lipinski definition) is 3. The number of nitrogens with one attached hydrogen (secondary N) is 1. The maximum atomic E-state index is 5.27. The second-order valence-electron chi connectivity index (χ2n) is 5.05. The van der Waals surface area contributed by atoms with Gasteiger partial charge in [0, 0.05) is 18.6 Å². The Hall–Kier alpha value is -0.840. The van der Waals surface area contributed by atoms with Crippen molar-refractivity contribution in [3.63, 3.8) is 0 Å². The Labute approximate surface area is 102 Å². The van der Waals surface area contributed by atoms with E-state index in [1.54, 1.807) is 0 Å². The fraction of sp³-hybridized carbons (Fsp3) is 0.818. The highest BCUT2D eigenvalue weighted by molar-refractivity contribution is 7.71. The summed E-state index contributed by atoms with van der Waals surface area (Å²) >= 11 is 5.27. The Balaban J connectivity index is 2.36. The van der Waals surface area contributed by atoms with Gasteiger partial charge in [0.1, 0.15) is 0 Å². The van der Waals surface area contributed by atoms with Crippen molar-refractivity contribution in [2.45, 2.75) is 52.1 Å². The summed E-state index contributed by atoms with van der Waals surface area (Å²) in [6.45, 7) is 8.73. The van der Waals surface area contributed by atoms with Crippen molar-refractivity contribution in [3.05, 3.63) is 4.77 Å². The van der Waals surface area contributed by atoms with Crippen LogP contribution >= 0.6 is 12.2 Å². The average molecular weight is 240 g/mol. The van der Waals surface area contributed by atoms with Crippen molar-refractivity contribution in [2.75, 3.05) is 11.4 Å². The van der Waals surface area contributed by atoms with Gasteiger partial charge in [0.2, 0.25) is 5.95 Å². The Morgan fingerprint density at radius 3 is 2.81 bits per heavy atom. The number of hydrogen-bond donors (Lipinski definition) is 1. The third-order valence-corrected chi connectivity index (χ3v) is 3.64. The number of aromatic amines is 1. The van der Waals surface area contributed by atoms with Crippen LogP contribution in [0, 0.1) is 4.77 Å². The molecule has 2 heterocycles. The summed E-state index contributed by atoms with van der Waals surface area (Å²) < 4.78 is 2.85. The molecule has 0 radical (unpaired) electrons. The minimum atomic E-state index is 0.201. The molecule has 1 N–H and O–H groups in total. The predicted molar refractivity (Wildman–Crippen MR) is 68.4 cm³/mol. The van der Waals surface area contributed by atoms with Crippen LogP contribution in [0.1, 0.15) is 40.0 Å². The van der Waals surface area contributed by atoms with Crippen LogP contribution in [0.15, 0.2) is 0 Å². The Morgan fingerprint density at radius 1 is 1.50 bits per heavy atom. The molecule has 0 amide bonds.